The van der Waals surface area contributed by atoms with E-state index < -0.39 is 26.3 Å². The zero-order valence-corrected chi connectivity index (χ0v) is 18.6. The number of carbonyl (C=O) groups is 1. The van der Waals surface area contributed by atoms with Crippen LogP contribution in [0.25, 0.3) is 0 Å². The lowest BCUT2D eigenvalue weighted by atomic mass is 9.89. The number of hydrogen-bond acceptors (Lipinski definition) is 6. The number of nitro groups is 1. The van der Waals surface area contributed by atoms with E-state index in [0.29, 0.717) is 37.8 Å². The first-order chi connectivity index (χ1) is 15.3. The minimum atomic E-state index is -3.78. The van der Waals surface area contributed by atoms with Gasteiger partial charge in [0.05, 0.1) is 16.8 Å². The number of hydrogen-bond donors (Lipinski definition) is 2. The van der Waals surface area contributed by atoms with Crippen molar-refractivity contribution in [1.82, 2.24) is 5.32 Å². The van der Waals surface area contributed by atoms with Crippen molar-refractivity contribution in [1.29, 1.82) is 0 Å². The summed E-state index contributed by atoms with van der Waals surface area (Å²) >= 11 is 0. The highest BCUT2D eigenvalue weighted by atomic mass is 32.2. The van der Waals surface area contributed by atoms with Gasteiger partial charge >= 0.3 is 6.09 Å². The van der Waals surface area contributed by atoms with Gasteiger partial charge in [0.2, 0.25) is 10.0 Å². The van der Waals surface area contributed by atoms with Crippen molar-refractivity contribution in [3.8, 4) is 0 Å². The van der Waals surface area contributed by atoms with Gasteiger partial charge < -0.3 is 10.1 Å². The maximum absolute atomic E-state index is 12.8. The van der Waals surface area contributed by atoms with Crippen LogP contribution in [0.1, 0.15) is 36.8 Å². The molecule has 0 atom stereocenters. The first-order valence-electron chi connectivity index (χ1n) is 10.5. The van der Waals surface area contributed by atoms with E-state index in [1.165, 1.54) is 6.07 Å². The molecule has 1 aliphatic rings. The first-order valence-corrected chi connectivity index (χ1v) is 12.0. The molecule has 2 N–H and O–H groups in total. The molecule has 2 aromatic rings. The minimum absolute atomic E-state index is 0.0180. The van der Waals surface area contributed by atoms with Gasteiger partial charge in [-0.2, -0.15) is 0 Å². The maximum atomic E-state index is 12.8. The number of nitrogens with one attached hydrogen (secondary N) is 2. The predicted octanol–water partition coefficient (Wildman–Crippen LogP) is 4.13. The number of alkyl carbamates (subject to hydrolysis) is 1. The lowest BCUT2D eigenvalue weighted by Crippen LogP contribution is -2.34. The Balaban J connectivity index is 1.47. The van der Waals surface area contributed by atoms with E-state index in [0.717, 1.165) is 5.56 Å². The van der Waals surface area contributed by atoms with Crippen LogP contribution in [0.3, 0.4) is 0 Å². The topological polar surface area (TPSA) is 128 Å². The van der Waals surface area contributed by atoms with E-state index in [9.17, 15) is 23.3 Å². The molecule has 1 fully saturated rings. The number of ether oxygens (including phenoxy) is 1. The Morgan fingerprint density at radius 3 is 2.44 bits per heavy atom. The van der Waals surface area contributed by atoms with Gasteiger partial charge in [-0.05, 0) is 50.2 Å². The van der Waals surface area contributed by atoms with Crippen LogP contribution < -0.4 is 10.0 Å². The van der Waals surface area contributed by atoms with Crippen LogP contribution in [0.4, 0.5) is 16.2 Å². The standard InChI is InChI=1S/C22H27N3O6S/c1-16-6-5-9-20(21(16)25(27)28)24-32(29,30)19-12-10-18(11-13-19)15-31-22(26)23-14-17-7-3-2-4-8-17/h2-9,18-19,24H,10-15H2,1H3,(H,23,26). The summed E-state index contributed by atoms with van der Waals surface area (Å²) in [4.78, 5) is 22.7. The number of amides is 1. The second kappa shape index (κ2) is 10.4. The molecule has 3 rings (SSSR count). The first kappa shape index (κ1) is 23.5. The van der Waals surface area contributed by atoms with Crippen molar-refractivity contribution in [2.24, 2.45) is 5.92 Å². The molecule has 0 spiro atoms. The van der Waals surface area contributed by atoms with E-state index in [1.54, 1.807) is 19.1 Å². The van der Waals surface area contributed by atoms with Crippen molar-refractivity contribution in [2.45, 2.75) is 44.4 Å². The Kier molecular flexibility index (Phi) is 7.68. The maximum Gasteiger partial charge on any atom is 0.407 e. The van der Waals surface area contributed by atoms with E-state index in [4.69, 9.17) is 4.74 Å². The van der Waals surface area contributed by atoms with E-state index in [1.807, 2.05) is 30.3 Å². The Bertz CT molecular complexity index is 1050. The fourth-order valence-corrected chi connectivity index (χ4v) is 5.37. The number of nitrogens with zero attached hydrogens (tertiary/aromatic N) is 1. The predicted molar refractivity (Wildman–Crippen MR) is 121 cm³/mol. The van der Waals surface area contributed by atoms with Crippen molar-refractivity contribution in [3.63, 3.8) is 0 Å². The summed E-state index contributed by atoms with van der Waals surface area (Å²) in [6.07, 6.45) is 1.47. The van der Waals surface area contributed by atoms with Crippen LogP contribution in [0, 0.1) is 23.0 Å². The van der Waals surface area contributed by atoms with Gasteiger partial charge in [-0.15, -0.1) is 0 Å². The van der Waals surface area contributed by atoms with Gasteiger partial charge in [0.15, 0.2) is 0 Å². The molecule has 0 aliphatic heterocycles. The van der Waals surface area contributed by atoms with Crippen LogP contribution >= 0.6 is 0 Å². The Morgan fingerprint density at radius 1 is 1.09 bits per heavy atom. The molecule has 0 bridgehead atoms. The Hall–Kier alpha value is -3.14. The van der Waals surface area contributed by atoms with Gasteiger partial charge in [0.25, 0.3) is 5.69 Å². The average molecular weight is 462 g/mol. The third-order valence-electron chi connectivity index (χ3n) is 5.63. The highest BCUT2D eigenvalue weighted by Crippen LogP contribution is 2.33. The number of nitro benzene ring substituents is 1. The molecule has 0 saturated heterocycles. The lowest BCUT2D eigenvalue weighted by Gasteiger charge is -2.28. The fraction of sp³-hybridized carbons (Fsp3) is 0.409. The summed E-state index contributed by atoms with van der Waals surface area (Å²) < 4.78 is 33.3. The number of rotatable bonds is 8. The Morgan fingerprint density at radius 2 is 1.78 bits per heavy atom. The van der Waals surface area contributed by atoms with Crippen LogP contribution in [-0.2, 0) is 21.3 Å². The van der Waals surface area contributed by atoms with Crippen LogP contribution in [0.15, 0.2) is 48.5 Å². The number of anilines is 1. The zero-order valence-electron chi connectivity index (χ0n) is 17.8. The quantitative estimate of drug-likeness (QED) is 0.449. The van der Waals surface area contributed by atoms with Crippen LogP contribution in [-0.4, -0.2) is 31.3 Å². The number of para-hydroxylation sites is 1. The van der Waals surface area contributed by atoms with Crippen molar-refractivity contribution < 1.29 is 22.9 Å². The molecule has 10 heteroatoms. The molecule has 32 heavy (non-hydrogen) atoms. The van der Waals surface area contributed by atoms with Gasteiger partial charge in [-0.25, -0.2) is 13.2 Å². The largest absolute Gasteiger partial charge is 0.449 e. The molecule has 0 radical (unpaired) electrons. The Labute approximate surface area is 187 Å². The second-order valence-corrected chi connectivity index (χ2v) is 9.92. The highest BCUT2D eigenvalue weighted by Gasteiger charge is 2.33. The minimum Gasteiger partial charge on any atom is -0.449 e. The zero-order chi connectivity index (χ0) is 23.1. The second-order valence-electron chi connectivity index (χ2n) is 7.96. The summed E-state index contributed by atoms with van der Waals surface area (Å²) in [6, 6.07) is 14.0. The van der Waals surface area contributed by atoms with Crippen molar-refractivity contribution in [3.05, 3.63) is 69.8 Å². The number of sulfonamides is 1. The van der Waals surface area contributed by atoms with E-state index >= 15 is 0 Å². The monoisotopic (exact) mass is 461 g/mol. The summed E-state index contributed by atoms with van der Waals surface area (Å²) in [5.41, 5.74) is 1.10. The molecule has 1 amide bonds. The highest BCUT2D eigenvalue weighted by molar-refractivity contribution is 7.93. The molecular formula is C22H27N3O6S. The number of benzene rings is 2. The third kappa shape index (κ3) is 6.19. The molecule has 1 aliphatic carbocycles. The molecular weight excluding hydrogens is 434 g/mol. The van der Waals surface area contributed by atoms with Crippen LogP contribution in [0.2, 0.25) is 0 Å². The number of carbonyl (C=O) groups excluding carboxylic acids is 1. The number of aryl methyl sites for hydroxylation is 1. The van der Waals surface area contributed by atoms with E-state index in [-0.39, 0.29) is 23.9 Å². The van der Waals surface area contributed by atoms with Gasteiger partial charge in [0, 0.05) is 12.1 Å². The molecule has 172 valence electrons. The summed E-state index contributed by atoms with van der Waals surface area (Å²) in [7, 11) is -3.78. The molecule has 9 nitrogen and oxygen atoms in total. The van der Waals surface area contributed by atoms with Gasteiger partial charge in [-0.3, -0.25) is 14.8 Å². The van der Waals surface area contributed by atoms with Crippen LogP contribution in [0.5, 0.6) is 0 Å². The summed E-state index contributed by atoms with van der Waals surface area (Å²) in [5.74, 6) is 0.0808. The summed E-state index contributed by atoms with van der Waals surface area (Å²) in [6.45, 7) is 2.17. The third-order valence-corrected chi connectivity index (χ3v) is 7.49. The van der Waals surface area contributed by atoms with Gasteiger partial charge in [0.1, 0.15) is 5.69 Å². The molecule has 1 saturated carbocycles. The van der Waals surface area contributed by atoms with Crippen molar-refractivity contribution in [2.75, 3.05) is 11.3 Å². The lowest BCUT2D eigenvalue weighted by molar-refractivity contribution is -0.384. The van der Waals surface area contributed by atoms with Gasteiger partial charge in [-0.1, -0.05) is 42.5 Å². The summed E-state index contributed by atoms with van der Waals surface area (Å²) in [5, 5.41) is 13.4. The normalized spacial score (nSPS) is 18.5. The SMILES string of the molecule is Cc1cccc(NS(=O)(=O)C2CCC(COC(=O)NCc3ccccc3)CC2)c1[N+](=O)[O-]. The van der Waals surface area contributed by atoms with E-state index in [2.05, 4.69) is 10.0 Å². The average Bonchev–Trinajstić information content (AvgIpc) is 2.77. The molecule has 0 unspecified atom stereocenters. The smallest absolute Gasteiger partial charge is 0.407 e. The van der Waals surface area contributed by atoms with Crippen molar-refractivity contribution >= 4 is 27.5 Å². The molecule has 2 aromatic carbocycles. The fourth-order valence-electron chi connectivity index (χ4n) is 3.84. The molecule has 0 heterocycles. The molecule has 0 aromatic heterocycles.